The Balaban J connectivity index is 0.000000641. The number of ketones is 1. The molecule has 8 nitrogen and oxygen atoms in total. The molecule has 3 aliphatic rings. The Morgan fingerprint density at radius 1 is 0.976 bits per heavy atom. The van der Waals surface area contributed by atoms with Crippen LogP contribution in [0.15, 0.2) is 13.2 Å². The predicted molar refractivity (Wildman–Crippen MR) is 165 cm³/mol. The van der Waals surface area contributed by atoms with Crippen LogP contribution in [-0.4, -0.2) is 96.1 Å². The topological polar surface area (TPSA) is 99.5 Å². The Morgan fingerprint density at radius 2 is 1.61 bits per heavy atom. The summed E-state index contributed by atoms with van der Waals surface area (Å²) in [6, 6.07) is 0.120. The van der Waals surface area contributed by atoms with Gasteiger partial charge in [-0.1, -0.05) is 34.6 Å². The number of carbonyl (C=O) groups excluding carboxylic acids is 2. The van der Waals surface area contributed by atoms with Crippen molar-refractivity contribution in [1.82, 2.24) is 9.80 Å². The molecule has 0 saturated carbocycles. The van der Waals surface area contributed by atoms with Crippen LogP contribution in [0.25, 0.3) is 0 Å². The standard InChI is InChI=1S/C24H44N2O4.C7H14O2.C2H4/c1-16(2)12-26-9-8-19(14-26)21-15-30-23(29)24(5,6)22(28)18(4)11-20(27)10-17(3)13-25(21)7;1-5-3-6(2)9-7(8)4-5;1-2/h16-21,27H,8-15H2,1-7H3;5-8H,3-4H2,1-2H3;1-2H2/t17-,18-,19?,20-,21+;5-,6+,7+;/m10./s1. The molecule has 8 heteroatoms. The first-order valence-electron chi connectivity index (χ1n) is 15.8. The second kappa shape index (κ2) is 17.7. The average Bonchev–Trinajstić information content (AvgIpc) is 3.30. The molecule has 3 fully saturated rings. The smallest absolute Gasteiger partial charge is 0.319 e. The minimum absolute atomic E-state index is 0.120. The lowest BCUT2D eigenvalue weighted by atomic mass is 9.79. The number of nitrogens with zero attached hydrogens (tertiary/aromatic N) is 2. The lowest BCUT2D eigenvalue weighted by Gasteiger charge is -2.35. The first-order chi connectivity index (χ1) is 19.1. The number of likely N-dealkylation sites (N-methyl/N-ethyl adjacent to an activating group) is 1. The third-order valence-electron chi connectivity index (χ3n) is 8.63. The molecule has 3 heterocycles. The number of hydrogen-bond donors (Lipinski definition) is 2. The van der Waals surface area contributed by atoms with Crippen LogP contribution in [0.2, 0.25) is 0 Å². The van der Waals surface area contributed by atoms with E-state index < -0.39 is 23.8 Å². The van der Waals surface area contributed by atoms with Gasteiger partial charge < -0.3 is 24.6 Å². The van der Waals surface area contributed by atoms with E-state index in [4.69, 9.17) is 14.6 Å². The van der Waals surface area contributed by atoms with Gasteiger partial charge in [-0.05, 0) is 83.7 Å². The van der Waals surface area contributed by atoms with Crippen LogP contribution in [0.3, 0.4) is 0 Å². The number of carbonyl (C=O) groups is 2. The summed E-state index contributed by atoms with van der Waals surface area (Å²) in [5.41, 5.74) is -1.19. The number of likely N-dealkylation sites (tertiary alicyclic amines) is 1. The Kier molecular flexibility index (Phi) is 16.3. The van der Waals surface area contributed by atoms with E-state index in [1.807, 2.05) is 13.8 Å². The van der Waals surface area contributed by atoms with Gasteiger partial charge in [-0.15, -0.1) is 13.2 Å². The summed E-state index contributed by atoms with van der Waals surface area (Å²) in [5, 5.41) is 19.6. The summed E-state index contributed by atoms with van der Waals surface area (Å²) in [4.78, 5) is 30.6. The Hall–Kier alpha value is -1.32. The van der Waals surface area contributed by atoms with Crippen molar-refractivity contribution in [2.75, 3.05) is 39.8 Å². The van der Waals surface area contributed by atoms with Gasteiger partial charge in [0.25, 0.3) is 0 Å². The van der Waals surface area contributed by atoms with E-state index in [1.165, 1.54) is 0 Å². The van der Waals surface area contributed by atoms with Crippen LogP contribution >= 0.6 is 0 Å². The van der Waals surface area contributed by atoms with E-state index in [0.717, 1.165) is 45.4 Å². The van der Waals surface area contributed by atoms with Gasteiger partial charge in [0, 0.05) is 38.0 Å². The van der Waals surface area contributed by atoms with E-state index in [0.29, 0.717) is 43.1 Å². The second-order valence-corrected chi connectivity index (χ2v) is 13.9. The van der Waals surface area contributed by atoms with E-state index >= 15 is 0 Å². The fourth-order valence-corrected chi connectivity index (χ4v) is 6.70. The molecule has 3 saturated heterocycles. The Labute approximate surface area is 250 Å². The molecule has 0 radical (unpaired) electrons. The summed E-state index contributed by atoms with van der Waals surface area (Å²) in [6.07, 6.45) is 3.21. The van der Waals surface area contributed by atoms with Crippen molar-refractivity contribution in [3.63, 3.8) is 0 Å². The molecule has 0 amide bonds. The van der Waals surface area contributed by atoms with E-state index in [1.54, 1.807) is 13.8 Å². The van der Waals surface area contributed by atoms with Crippen LogP contribution in [0.1, 0.15) is 87.5 Å². The number of cyclic esters (lactones) is 1. The number of ether oxygens (including phenoxy) is 2. The molecule has 240 valence electrons. The highest BCUT2D eigenvalue weighted by Gasteiger charge is 2.42. The Morgan fingerprint density at radius 3 is 2.17 bits per heavy atom. The van der Waals surface area contributed by atoms with Gasteiger partial charge in [0.1, 0.15) is 12.0 Å². The van der Waals surface area contributed by atoms with Crippen molar-refractivity contribution in [2.45, 2.75) is 112 Å². The van der Waals surface area contributed by atoms with Gasteiger partial charge in [0.05, 0.1) is 12.2 Å². The highest BCUT2D eigenvalue weighted by molar-refractivity contribution is 6.03. The molecule has 0 bridgehead atoms. The van der Waals surface area contributed by atoms with Gasteiger partial charge in [-0.2, -0.15) is 0 Å². The largest absolute Gasteiger partial charge is 0.463 e. The molecule has 41 heavy (non-hydrogen) atoms. The highest BCUT2D eigenvalue weighted by atomic mass is 16.6. The zero-order chi connectivity index (χ0) is 31.5. The summed E-state index contributed by atoms with van der Waals surface area (Å²) in [5.74, 6) is 1.01. The van der Waals surface area contributed by atoms with E-state index in [9.17, 15) is 14.7 Å². The lowest BCUT2D eigenvalue weighted by Crippen LogP contribution is -2.46. The van der Waals surface area contributed by atoms with Crippen LogP contribution in [-0.2, 0) is 19.1 Å². The fourth-order valence-electron chi connectivity index (χ4n) is 6.70. The quantitative estimate of drug-likeness (QED) is 0.279. The number of esters is 1. The van der Waals surface area contributed by atoms with Gasteiger partial charge in [0.15, 0.2) is 12.1 Å². The van der Waals surface area contributed by atoms with Crippen molar-refractivity contribution >= 4 is 11.8 Å². The van der Waals surface area contributed by atoms with E-state index in [2.05, 4.69) is 57.7 Å². The van der Waals surface area contributed by atoms with Gasteiger partial charge in [-0.3, -0.25) is 14.5 Å². The van der Waals surface area contributed by atoms with Gasteiger partial charge >= 0.3 is 5.97 Å². The van der Waals surface area contributed by atoms with Gasteiger partial charge in [-0.25, -0.2) is 0 Å². The third-order valence-corrected chi connectivity index (χ3v) is 8.63. The third kappa shape index (κ3) is 12.4. The summed E-state index contributed by atoms with van der Waals surface area (Å²) < 4.78 is 10.9. The Bertz CT molecular complexity index is 765. The van der Waals surface area contributed by atoms with Crippen LogP contribution in [0.4, 0.5) is 0 Å². The summed E-state index contributed by atoms with van der Waals surface area (Å²) in [6.45, 7) is 26.2. The van der Waals surface area contributed by atoms with Crippen molar-refractivity contribution < 1.29 is 29.3 Å². The minimum Gasteiger partial charge on any atom is -0.463 e. The zero-order valence-electron chi connectivity index (χ0n) is 27.6. The number of hydrogen-bond acceptors (Lipinski definition) is 8. The van der Waals surface area contributed by atoms with Crippen LogP contribution in [0, 0.1) is 35.0 Å². The predicted octanol–water partition coefficient (Wildman–Crippen LogP) is 4.77. The molecule has 8 atom stereocenters. The average molecular weight is 583 g/mol. The number of rotatable bonds is 3. The zero-order valence-corrected chi connectivity index (χ0v) is 27.6. The maximum absolute atomic E-state index is 12.9. The van der Waals surface area contributed by atoms with Crippen LogP contribution in [0.5, 0.6) is 0 Å². The molecule has 0 aromatic carbocycles. The maximum atomic E-state index is 12.9. The summed E-state index contributed by atoms with van der Waals surface area (Å²) >= 11 is 0. The van der Waals surface area contributed by atoms with Crippen molar-refractivity contribution in [3.8, 4) is 0 Å². The van der Waals surface area contributed by atoms with Crippen LogP contribution < -0.4 is 0 Å². The summed E-state index contributed by atoms with van der Waals surface area (Å²) in [7, 11) is 2.10. The molecule has 0 spiro atoms. The number of Topliss-reactive ketones (excluding diaryl/α,β-unsaturated/α-hetero) is 1. The molecule has 3 aliphatic heterocycles. The van der Waals surface area contributed by atoms with Crippen molar-refractivity contribution in [3.05, 3.63) is 13.2 Å². The molecule has 0 aromatic heterocycles. The van der Waals surface area contributed by atoms with E-state index in [-0.39, 0.29) is 23.8 Å². The highest BCUT2D eigenvalue weighted by Crippen LogP contribution is 2.30. The number of aliphatic hydroxyl groups excluding tert-OH is 2. The normalized spacial score (nSPS) is 36.0. The SMILES string of the molecule is C=C.CC(C)CN1CCC([C@@H]2COC(=O)C(C)(C)C(=O)[C@H](C)C[C@H](O)C[C@@H](C)CN2C)C1.C[C@H]1C[C@@H](C)O[C@@H](O)C1. The molecular formula is C33H62N2O6. The number of aliphatic hydroxyl groups is 2. The molecule has 3 rings (SSSR count). The van der Waals surface area contributed by atoms with Crippen molar-refractivity contribution in [2.24, 2.45) is 35.0 Å². The first kappa shape index (κ1) is 37.7. The molecule has 0 aliphatic carbocycles. The lowest BCUT2D eigenvalue weighted by molar-refractivity contribution is -0.169. The molecule has 2 N–H and O–H groups in total. The van der Waals surface area contributed by atoms with Crippen molar-refractivity contribution in [1.29, 1.82) is 0 Å². The second-order valence-electron chi connectivity index (χ2n) is 13.9. The fraction of sp³-hybridized carbons (Fsp3) is 0.879. The maximum Gasteiger partial charge on any atom is 0.319 e. The first-order valence-corrected chi connectivity index (χ1v) is 15.8. The monoisotopic (exact) mass is 582 g/mol. The minimum atomic E-state index is -1.19. The molecule has 1 unspecified atom stereocenters. The van der Waals surface area contributed by atoms with Gasteiger partial charge in [0.2, 0.25) is 0 Å². The molecular weight excluding hydrogens is 520 g/mol. The molecule has 0 aromatic rings.